The van der Waals surface area contributed by atoms with Crippen LogP contribution in [0.4, 0.5) is 13.2 Å². The molecule has 1 aliphatic heterocycles. The Morgan fingerprint density at radius 1 is 1.25 bits per heavy atom. The molecule has 1 aromatic carbocycles. The van der Waals surface area contributed by atoms with E-state index in [-0.39, 0.29) is 11.9 Å². The second-order valence-corrected chi connectivity index (χ2v) is 6.35. The largest absolute Gasteiger partial charge is 0.416 e. The Labute approximate surface area is 142 Å². The molecule has 8 heteroatoms. The van der Waals surface area contributed by atoms with E-state index in [1.165, 1.54) is 12.1 Å². The molecule has 0 unspecified atom stereocenters. The average Bonchev–Trinajstić information content (AvgIpc) is 3.29. The van der Waals surface area contributed by atoms with Crippen LogP contribution < -0.4 is 16.0 Å². The highest BCUT2D eigenvalue weighted by Gasteiger charge is 2.34. The third-order valence-electron chi connectivity index (χ3n) is 4.00. The summed E-state index contributed by atoms with van der Waals surface area (Å²) in [7, 11) is 0. The molecular formula is C16H16F3N3OS. The van der Waals surface area contributed by atoms with Gasteiger partial charge in [0.1, 0.15) is 0 Å². The van der Waals surface area contributed by atoms with Gasteiger partial charge in [-0.1, -0.05) is 12.1 Å². The number of alkyl halides is 3. The molecule has 0 bridgehead atoms. The highest BCUT2D eigenvalue weighted by atomic mass is 32.1. The SMILES string of the molecule is CC1=C(C(=O)NC2CC2)[C@@H](c2ccc(C(F)(F)F)cc2)NC(=S)N1. The van der Waals surface area contributed by atoms with Crippen LogP contribution in [0.1, 0.15) is 36.9 Å². The molecule has 3 N–H and O–H groups in total. The lowest BCUT2D eigenvalue weighted by Crippen LogP contribution is -2.47. The van der Waals surface area contributed by atoms with Gasteiger partial charge in [0.25, 0.3) is 5.91 Å². The molecule has 0 aromatic heterocycles. The van der Waals surface area contributed by atoms with Gasteiger partial charge in [-0.3, -0.25) is 4.79 Å². The number of carbonyl (C=O) groups is 1. The maximum atomic E-state index is 12.7. The minimum atomic E-state index is -4.40. The van der Waals surface area contributed by atoms with Crippen LogP contribution >= 0.6 is 12.2 Å². The summed E-state index contributed by atoms with van der Waals surface area (Å²) in [5.74, 6) is -0.234. The lowest BCUT2D eigenvalue weighted by molar-refractivity contribution is -0.137. The number of halogens is 3. The molecule has 0 spiro atoms. The third kappa shape index (κ3) is 3.53. The van der Waals surface area contributed by atoms with Crippen LogP contribution in [0.15, 0.2) is 35.5 Å². The standard InChI is InChI=1S/C16H16F3N3OS/c1-8-12(14(23)21-11-6-7-11)13(22-15(24)20-8)9-2-4-10(5-3-9)16(17,18)19/h2-5,11,13H,6-7H2,1H3,(H,21,23)(H2,20,22,24)/t13-/m1/s1. The summed E-state index contributed by atoms with van der Waals surface area (Å²) in [5.41, 5.74) is 0.858. The highest BCUT2D eigenvalue weighted by molar-refractivity contribution is 7.80. The highest BCUT2D eigenvalue weighted by Crippen LogP contribution is 2.32. The van der Waals surface area contributed by atoms with E-state index in [1.54, 1.807) is 6.92 Å². The fourth-order valence-corrected chi connectivity index (χ4v) is 2.87. The summed E-state index contributed by atoms with van der Waals surface area (Å²) in [6.07, 6.45) is -2.50. The molecule has 2 aliphatic rings. The molecule has 24 heavy (non-hydrogen) atoms. The molecule has 0 radical (unpaired) electrons. The number of allylic oxidation sites excluding steroid dienone is 1. The van der Waals surface area contributed by atoms with E-state index in [2.05, 4.69) is 16.0 Å². The van der Waals surface area contributed by atoms with Gasteiger partial charge in [-0.15, -0.1) is 0 Å². The van der Waals surface area contributed by atoms with E-state index in [1.807, 2.05) is 0 Å². The smallest absolute Gasteiger partial charge is 0.351 e. The first kappa shape index (κ1) is 16.8. The lowest BCUT2D eigenvalue weighted by Gasteiger charge is -2.30. The molecule has 4 nitrogen and oxygen atoms in total. The maximum Gasteiger partial charge on any atom is 0.416 e. The van der Waals surface area contributed by atoms with Gasteiger partial charge >= 0.3 is 6.18 Å². The number of amides is 1. The van der Waals surface area contributed by atoms with Gasteiger partial charge in [0.15, 0.2) is 5.11 Å². The predicted molar refractivity (Wildman–Crippen MR) is 86.9 cm³/mol. The maximum absolute atomic E-state index is 12.7. The number of hydrogen-bond acceptors (Lipinski definition) is 2. The van der Waals surface area contributed by atoms with E-state index in [4.69, 9.17) is 12.2 Å². The monoisotopic (exact) mass is 355 g/mol. The Hall–Kier alpha value is -2.09. The van der Waals surface area contributed by atoms with Gasteiger partial charge in [0.05, 0.1) is 17.2 Å². The first-order chi connectivity index (χ1) is 11.3. The molecule has 1 amide bonds. The average molecular weight is 355 g/mol. The zero-order chi connectivity index (χ0) is 17.5. The Kier molecular flexibility index (Phi) is 4.25. The fraction of sp³-hybridized carbons (Fsp3) is 0.375. The van der Waals surface area contributed by atoms with Crippen LogP contribution in [0.2, 0.25) is 0 Å². The molecule has 3 rings (SSSR count). The van der Waals surface area contributed by atoms with E-state index >= 15 is 0 Å². The Bertz CT molecular complexity index is 708. The van der Waals surface area contributed by atoms with Crippen molar-refractivity contribution in [2.45, 2.75) is 38.0 Å². The molecule has 1 heterocycles. The molecule has 1 atom stereocenters. The Morgan fingerprint density at radius 3 is 2.42 bits per heavy atom. The zero-order valence-electron chi connectivity index (χ0n) is 12.8. The number of rotatable bonds is 3. The van der Waals surface area contributed by atoms with Crippen LogP contribution in [0.5, 0.6) is 0 Å². The summed E-state index contributed by atoms with van der Waals surface area (Å²) in [4.78, 5) is 12.5. The zero-order valence-corrected chi connectivity index (χ0v) is 13.6. The number of thiocarbonyl (C=S) groups is 1. The van der Waals surface area contributed by atoms with Crippen LogP contribution in [0.3, 0.4) is 0 Å². The van der Waals surface area contributed by atoms with E-state index in [0.29, 0.717) is 21.9 Å². The van der Waals surface area contributed by atoms with Crippen molar-refractivity contribution in [2.24, 2.45) is 0 Å². The van der Waals surface area contributed by atoms with Gasteiger partial charge < -0.3 is 16.0 Å². The van der Waals surface area contributed by atoms with Crippen molar-refractivity contribution < 1.29 is 18.0 Å². The second-order valence-electron chi connectivity index (χ2n) is 5.94. The van der Waals surface area contributed by atoms with E-state index < -0.39 is 17.8 Å². The van der Waals surface area contributed by atoms with Crippen LogP contribution in [-0.2, 0) is 11.0 Å². The molecule has 1 aliphatic carbocycles. The van der Waals surface area contributed by atoms with Crippen LogP contribution in [0, 0.1) is 0 Å². The first-order valence-corrected chi connectivity index (χ1v) is 7.93. The summed E-state index contributed by atoms with van der Waals surface area (Å²) in [6, 6.07) is 4.35. The fourth-order valence-electron chi connectivity index (χ4n) is 2.60. The summed E-state index contributed by atoms with van der Waals surface area (Å²) in [5, 5.41) is 9.10. The first-order valence-electron chi connectivity index (χ1n) is 7.52. The van der Waals surface area contributed by atoms with Crippen molar-refractivity contribution in [1.82, 2.24) is 16.0 Å². The quantitative estimate of drug-likeness (QED) is 0.730. The summed E-state index contributed by atoms with van der Waals surface area (Å²) in [6.45, 7) is 1.73. The van der Waals surface area contributed by atoms with Crippen LogP contribution in [0.25, 0.3) is 0 Å². The van der Waals surface area contributed by atoms with Crippen molar-refractivity contribution in [1.29, 1.82) is 0 Å². The summed E-state index contributed by atoms with van der Waals surface area (Å²) < 4.78 is 38.2. The number of benzene rings is 1. The minimum Gasteiger partial charge on any atom is -0.351 e. The molecule has 128 valence electrons. The molecule has 1 aromatic rings. The summed E-state index contributed by atoms with van der Waals surface area (Å²) >= 11 is 5.12. The van der Waals surface area contributed by atoms with Crippen LogP contribution in [-0.4, -0.2) is 17.1 Å². The van der Waals surface area contributed by atoms with Crippen molar-refractivity contribution in [3.63, 3.8) is 0 Å². The van der Waals surface area contributed by atoms with Gasteiger partial charge in [-0.2, -0.15) is 13.2 Å². The predicted octanol–water partition coefficient (Wildman–Crippen LogP) is 2.78. The van der Waals surface area contributed by atoms with E-state index in [9.17, 15) is 18.0 Å². The van der Waals surface area contributed by atoms with Gasteiger partial charge in [0.2, 0.25) is 0 Å². The number of hydrogen-bond donors (Lipinski definition) is 3. The number of nitrogens with one attached hydrogen (secondary N) is 3. The second kappa shape index (κ2) is 6.08. The molecular weight excluding hydrogens is 339 g/mol. The van der Waals surface area contributed by atoms with Crippen molar-refractivity contribution >= 4 is 23.2 Å². The third-order valence-corrected chi connectivity index (χ3v) is 4.22. The lowest BCUT2D eigenvalue weighted by atomic mass is 9.94. The normalized spacial score (nSPS) is 21.2. The Morgan fingerprint density at radius 2 is 1.88 bits per heavy atom. The number of carbonyl (C=O) groups excluding carboxylic acids is 1. The molecule has 1 fully saturated rings. The topological polar surface area (TPSA) is 53.2 Å². The Balaban J connectivity index is 1.92. The van der Waals surface area contributed by atoms with Crippen molar-refractivity contribution in [2.75, 3.05) is 0 Å². The van der Waals surface area contributed by atoms with Crippen molar-refractivity contribution in [3.8, 4) is 0 Å². The van der Waals surface area contributed by atoms with Gasteiger partial charge in [-0.05, 0) is 49.7 Å². The molecule has 1 saturated carbocycles. The minimum absolute atomic E-state index is 0.180. The van der Waals surface area contributed by atoms with Gasteiger partial charge in [0, 0.05) is 11.7 Å². The van der Waals surface area contributed by atoms with E-state index in [0.717, 1.165) is 25.0 Å². The molecule has 0 saturated heterocycles. The van der Waals surface area contributed by atoms with Gasteiger partial charge in [-0.25, -0.2) is 0 Å². The van der Waals surface area contributed by atoms with Crippen molar-refractivity contribution in [3.05, 3.63) is 46.7 Å².